The highest BCUT2D eigenvalue weighted by atomic mass is 16.5. The molecule has 0 atom stereocenters. The molecule has 0 aliphatic rings. The molecule has 82 valence electrons. The average molecular weight is 207 g/mol. The van der Waals surface area contributed by atoms with E-state index in [9.17, 15) is 4.79 Å². The number of aromatic nitrogens is 1. The van der Waals surface area contributed by atoms with E-state index in [2.05, 4.69) is 4.98 Å². The molecule has 0 amide bonds. The number of rotatable bonds is 7. The zero-order valence-electron chi connectivity index (χ0n) is 9.11. The first-order chi connectivity index (χ1) is 7.33. The number of nitrogens with zero attached hydrogens (tertiary/aromatic N) is 1. The fourth-order valence-electron chi connectivity index (χ4n) is 1.24. The van der Waals surface area contributed by atoms with Crippen molar-refractivity contribution in [3.05, 3.63) is 30.1 Å². The number of pyridine rings is 1. The van der Waals surface area contributed by atoms with Crippen LogP contribution in [0.25, 0.3) is 0 Å². The monoisotopic (exact) mass is 207 g/mol. The number of ether oxygens (including phenoxy) is 1. The Bertz CT molecular complexity index is 285. The molecule has 0 aliphatic heterocycles. The topological polar surface area (TPSA) is 39.2 Å². The molecule has 15 heavy (non-hydrogen) atoms. The normalized spacial score (nSPS) is 10.2. The van der Waals surface area contributed by atoms with Crippen molar-refractivity contribution in [2.75, 3.05) is 13.2 Å². The molecule has 0 bridgehead atoms. The largest absolute Gasteiger partial charge is 0.374 e. The van der Waals surface area contributed by atoms with Gasteiger partial charge in [0.05, 0.1) is 0 Å². The number of ketones is 1. The molecule has 1 heterocycles. The van der Waals surface area contributed by atoms with Gasteiger partial charge in [0.1, 0.15) is 6.61 Å². The molecular formula is C12H17NO2. The molecule has 0 N–H and O–H groups in total. The Morgan fingerprint density at radius 3 is 2.80 bits per heavy atom. The second-order valence-electron chi connectivity index (χ2n) is 3.45. The summed E-state index contributed by atoms with van der Waals surface area (Å²) in [5.41, 5.74) is 1.15. The number of carbonyl (C=O) groups excluding carboxylic acids is 1. The van der Waals surface area contributed by atoms with Crippen LogP contribution in [-0.2, 0) is 16.0 Å². The first-order valence-electron chi connectivity index (χ1n) is 5.31. The van der Waals surface area contributed by atoms with Crippen LogP contribution in [0.4, 0.5) is 0 Å². The molecule has 0 fully saturated rings. The molecule has 3 heteroatoms. The van der Waals surface area contributed by atoms with Crippen molar-refractivity contribution < 1.29 is 9.53 Å². The van der Waals surface area contributed by atoms with Crippen LogP contribution in [0.1, 0.15) is 25.3 Å². The summed E-state index contributed by atoms with van der Waals surface area (Å²) in [4.78, 5) is 15.3. The van der Waals surface area contributed by atoms with E-state index in [1.54, 1.807) is 12.4 Å². The highest BCUT2D eigenvalue weighted by molar-refractivity contribution is 5.79. The second-order valence-corrected chi connectivity index (χ2v) is 3.45. The molecule has 0 saturated heterocycles. The maximum Gasteiger partial charge on any atom is 0.158 e. The molecule has 0 spiro atoms. The fourth-order valence-corrected chi connectivity index (χ4v) is 1.24. The standard InChI is InChI=1S/C12H17NO2/c1-2-9-15-10-12(14)4-3-11-5-7-13-8-6-11/h5-8H,2-4,9-10H2,1H3. The summed E-state index contributed by atoms with van der Waals surface area (Å²) in [5, 5.41) is 0. The van der Waals surface area contributed by atoms with Crippen LogP contribution in [0.15, 0.2) is 24.5 Å². The molecule has 0 aliphatic carbocycles. The van der Waals surface area contributed by atoms with Crippen molar-refractivity contribution in [1.82, 2.24) is 4.98 Å². The van der Waals surface area contributed by atoms with Gasteiger partial charge >= 0.3 is 0 Å². The van der Waals surface area contributed by atoms with Crippen LogP contribution < -0.4 is 0 Å². The summed E-state index contributed by atoms with van der Waals surface area (Å²) in [6.45, 7) is 2.95. The van der Waals surface area contributed by atoms with E-state index >= 15 is 0 Å². The third-order valence-electron chi connectivity index (χ3n) is 2.05. The molecule has 0 saturated carbocycles. The van der Waals surface area contributed by atoms with Crippen molar-refractivity contribution in [2.24, 2.45) is 0 Å². The zero-order valence-corrected chi connectivity index (χ0v) is 9.11. The van der Waals surface area contributed by atoms with Crippen LogP contribution in [0.2, 0.25) is 0 Å². The van der Waals surface area contributed by atoms with E-state index in [4.69, 9.17) is 4.74 Å². The average Bonchev–Trinajstić information content (AvgIpc) is 2.28. The van der Waals surface area contributed by atoms with E-state index < -0.39 is 0 Å². The van der Waals surface area contributed by atoms with Gasteiger partial charge in [-0.25, -0.2) is 0 Å². The number of aryl methyl sites for hydroxylation is 1. The van der Waals surface area contributed by atoms with Gasteiger partial charge in [0.25, 0.3) is 0 Å². The van der Waals surface area contributed by atoms with E-state index in [1.165, 1.54) is 0 Å². The minimum Gasteiger partial charge on any atom is -0.374 e. The molecule has 1 rings (SSSR count). The van der Waals surface area contributed by atoms with Gasteiger partial charge in [-0.1, -0.05) is 6.92 Å². The maximum atomic E-state index is 11.4. The van der Waals surface area contributed by atoms with Gasteiger partial charge in [-0.2, -0.15) is 0 Å². The first kappa shape index (κ1) is 11.9. The van der Waals surface area contributed by atoms with Crippen molar-refractivity contribution >= 4 is 5.78 Å². The Morgan fingerprint density at radius 1 is 1.40 bits per heavy atom. The highest BCUT2D eigenvalue weighted by Gasteiger charge is 2.02. The minimum absolute atomic E-state index is 0.167. The Kier molecular flexibility index (Phi) is 5.63. The van der Waals surface area contributed by atoms with Crippen molar-refractivity contribution in [3.8, 4) is 0 Å². The van der Waals surface area contributed by atoms with Crippen LogP contribution >= 0.6 is 0 Å². The summed E-state index contributed by atoms with van der Waals surface area (Å²) in [6.07, 6.45) is 5.77. The lowest BCUT2D eigenvalue weighted by atomic mass is 10.1. The maximum absolute atomic E-state index is 11.4. The fraction of sp³-hybridized carbons (Fsp3) is 0.500. The minimum atomic E-state index is 0.167. The first-order valence-corrected chi connectivity index (χ1v) is 5.31. The van der Waals surface area contributed by atoms with Crippen LogP contribution in [0.3, 0.4) is 0 Å². The number of hydrogen-bond acceptors (Lipinski definition) is 3. The smallest absolute Gasteiger partial charge is 0.158 e. The van der Waals surface area contributed by atoms with Crippen molar-refractivity contribution in [2.45, 2.75) is 26.2 Å². The van der Waals surface area contributed by atoms with Gasteiger partial charge in [0, 0.05) is 25.4 Å². The highest BCUT2D eigenvalue weighted by Crippen LogP contribution is 2.01. The van der Waals surface area contributed by atoms with Crippen LogP contribution in [0.5, 0.6) is 0 Å². The lowest BCUT2D eigenvalue weighted by Crippen LogP contribution is -2.10. The summed E-state index contributed by atoms with van der Waals surface area (Å²) < 4.78 is 5.17. The Balaban J connectivity index is 2.17. The lowest BCUT2D eigenvalue weighted by molar-refractivity contribution is -0.123. The predicted molar refractivity (Wildman–Crippen MR) is 58.7 cm³/mol. The Labute approximate surface area is 90.5 Å². The van der Waals surface area contributed by atoms with E-state index in [1.807, 2.05) is 19.1 Å². The van der Waals surface area contributed by atoms with Crippen LogP contribution in [-0.4, -0.2) is 24.0 Å². The molecule has 0 radical (unpaired) electrons. The summed E-state index contributed by atoms with van der Waals surface area (Å²) >= 11 is 0. The van der Waals surface area contributed by atoms with Gasteiger partial charge in [-0.3, -0.25) is 9.78 Å². The Hall–Kier alpha value is -1.22. The van der Waals surface area contributed by atoms with E-state index in [0.717, 1.165) is 18.4 Å². The van der Waals surface area contributed by atoms with Crippen molar-refractivity contribution in [3.63, 3.8) is 0 Å². The molecule has 1 aromatic rings. The quantitative estimate of drug-likeness (QED) is 0.642. The lowest BCUT2D eigenvalue weighted by Gasteiger charge is -2.02. The molecular weight excluding hydrogens is 190 g/mol. The summed E-state index contributed by atoms with van der Waals surface area (Å²) in [7, 11) is 0. The molecule has 0 aromatic carbocycles. The molecule has 0 unspecified atom stereocenters. The number of carbonyl (C=O) groups is 1. The van der Waals surface area contributed by atoms with Gasteiger partial charge in [0.2, 0.25) is 0 Å². The molecule has 1 aromatic heterocycles. The van der Waals surface area contributed by atoms with Crippen LogP contribution in [0, 0.1) is 0 Å². The third-order valence-corrected chi connectivity index (χ3v) is 2.05. The zero-order chi connectivity index (χ0) is 10.9. The van der Waals surface area contributed by atoms with Gasteiger partial charge in [0.15, 0.2) is 5.78 Å². The third kappa shape index (κ3) is 5.27. The predicted octanol–water partition coefficient (Wildman–Crippen LogP) is 2.01. The number of hydrogen-bond donors (Lipinski definition) is 0. The van der Waals surface area contributed by atoms with Gasteiger partial charge in [-0.05, 0) is 30.5 Å². The second kappa shape index (κ2) is 7.12. The van der Waals surface area contributed by atoms with Crippen molar-refractivity contribution in [1.29, 1.82) is 0 Å². The number of Topliss-reactive ketones (excluding diaryl/α,β-unsaturated/α-hetero) is 1. The molecule has 3 nitrogen and oxygen atoms in total. The van der Waals surface area contributed by atoms with E-state index in [-0.39, 0.29) is 12.4 Å². The summed E-state index contributed by atoms with van der Waals surface area (Å²) in [5.74, 6) is 0.167. The SMILES string of the molecule is CCCOCC(=O)CCc1ccncc1. The Morgan fingerprint density at radius 2 is 2.13 bits per heavy atom. The summed E-state index contributed by atoms with van der Waals surface area (Å²) in [6, 6.07) is 3.86. The van der Waals surface area contributed by atoms with Gasteiger partial charge < -0.3 is 4.74 Å². The van der Waals surface area contributed by atoms with Gasteiger partial charge in [-0.15, -0.1) is 0 Å². The van der Waals surface area contributed by atoms with E-state index in [0.29, 0.717) is 13.0 Å².